The molecular formula is C45H86O6. The fourth-order valence-electron chi connectivity index (χ4n) is 6.58. The Kier molecular flexibility index (Phi) is 37.0. The van der Waals surface area contributed by atoms with Gasteiger partial charge in [0.2, 0.25) is 0 Å². The van der Waals surface area contributed by atoms with Crippen LogP contribution in [0, 0.1) is 11.8 Å². The van der Waals surface area contributed by atoms with Crippen molar-refractivity contribution < 1.29 is 28.6 Å². The van der Waals surface area contributed by atoms with Gasteiger partial charge >= 0.3 is 17.9 Å². The Morgan fingerprint density at radius 2 is 0.647 bits per heavy atom. The second kappa shape index (κ2) is 38.1. The van der Waals surface area contributed by atoms with Crippen LogP contribution in [0.2, 0.25) is 0 Å². The quantitative estimate of drug-likeness (QED) is 0.0357. The molecule has 0 aromatic heterocycles. The van der Waals surface area contributed by atoms with E-state index in [0.29, 0.717) is 19.3 Å². The second-order valence-electron chi connectivity index (χ2n) is 16.3. The van der Waals surface area contributed by atoms with Gasteiger partial charge < -0.3 is 14.2 Å². The summed E-state index contributed by atoms with van der Waals surface area (Å²) in [7, 11) is 0. The van der Waals surface area contributed by atoms with Crippen molar-refractivity contribution in [1.29, 1.82) is 0 Å². The van der Waals surface area contributed by atoms with Crippen LogP contribution in [0.4, 0.5) is 0 Å². The third kappa shape index (κ3) is 39.5. The van der Waals surface area contributed by atoms with Crippen LogP contribution < -0.4 is 0 Å². The largest absolute Gasteiger partial charge is 0.462 e. The Balaban J connectivity index is 4.32. The molecule has 0 aliphatic carbocycles. The Labute approximate surface area is 317 Å². The van der Waals surface area contributed by atoms with Gasteiger partial charge in [-0.1, -0.05) is 202 Å². The zero-order chi connectivity index (χ0) is 37.6. The number of carbonyl (C=O) groups is 3. The molecule has 0 unspecified atom stereocenters. The van der Waals surface area contributed by atoms with Gasteiger partial charge in [-0.3, -0.25) is 14.4 Å². The lowest BCUT2D eigenvalue weighted by Gasteiger charge is -2.18. The number of carbonyl (C=O) groups excluding carboxylic acids is 3. The van der Waals surface area contributed by atoms with Gasteiger partial charge in [0.1, 0.15) is 13.2 Å². The molecule has 0 bridgehead atoms. The van der Waals surface area contributed by atoms with Crippen LogP contribution in [-0.2, 0) is 28.6 Å². The molecule has 0 rings (SSSR count). The van der Waals surface area contributed by atoms with Gasteiger partial charge in [0, 0.05) is 19.3 Å². The van der Waals surface area contributed by atoms with Gasteiger partial charge in [0.25, 0.3) is 0 Å². The van der Waals surface area contributed by atoms with E-state index >= 15 is 0 Å². The van der Waals surface area contributed by atoms with Gasteiger partial charge in [-0.25, -0.2) is 0 Å². The number of hydrogen-bond acceptors (Lipinski definition) is 6. The van der Waals surface area contributed by atoms with E-state index in [1.165, 1.54) is 128 Å². The molecule has 0 saturated heterocycles. The molecule has 6 nitrogen and oxygen atoms in total. The summed E-state index contributed by atoms with van der Waals surface area (Å²) in [4.78, 5) is 37.6. The average molecular weight is 723 g/mol. The van der Waals surface area contributed by atoms with Crippen LogP contribution in [0.1, 0.15) is 240 Å². The molecule has 0 heterocycles. The maximum Gasteiger partial charge on any atom is 0.306 e. The topological polar surface area (TPSA) is 78.9 Å². The van der Waals surface area contributed by atoms with E-state index in [1.807, 2.05) is 0 Å². The minimum absolute atomic E-state index is 0.0660. The van der Waals surface area contributed by atoms with Crippen LogP contribution in [0.15, 0.2) is 0 Å². The van der Waals surface area contributed by atoms with Crippen molar-refractivity contribution in [3.63, 3.8) is 0 Å². The van der Waals surface area contributed by atoms with Crippen LogP contribution in [0.3, 0.4) is 0 Å². The minimum atomic E-state index is -0.760. The predicted molar refractivity (Wildman–Crippen MR) is 215 cm³/mol. The van der Waals surface area contributed by atoms with Gasteiger partial charge in [-0.2, -0.15) is 0 Å². The molecule has 0 aliphatic rings. The number of ether oxygens (including phenoxy) is 3. The zero-order valence-electron chi connectivity index (χ0n) is 34.7. The molecule has 0 N–H and O–H groups in total. The highest BCUT2D eigenvalue weighted by Gasteiger charge is 2.19. The molecular weight excluding hydrogens is 636 g/mol. The third-order valence-corrected chi connectivity index (χ3v) is 9.97. The summed E-state index contributed by atoms with van der Waals surface area (Å²) in [6.45, 7) is 11.2. The Morgan fingerprint density at radius 1 is 0.373 bits per heavy atom. The summed E-state index contributed by atoms with van der Waals surface area (Å²) in [6, 6.07) is 0. The smallest absolute Gasteiger partial charge is 0.306 e. The van der Waals surface area contributed by atoms with E-state index < -0.39 is 6.10 Å². The number of unbranched alkanes of at least 4 members (excludes halogenated alkanes) is 24. The molecule has 0 fully saturated rings. The maximum atomic E-state index is 12.6. The fraction of sp³-hybridized carbons (Fsp3) is 0.933. The first-order chi connectivity index (χ1) is 24.7. The molecule has 0 aliphatic heterocycles. The minimum Gasteiger partial charge on any atom is -0.462 e. The van der Waals surface area contributed by atoms with Crippen molar-refractivity contribution in [3.8, 4) is 0 Å². The highest BCUT2D eigenvalue weighted by Crippen LogP contribution is 2.16. The lowest BCUT2D eigenvalue weighted by molar-refractivity contribution is -0.167. The Hall–Kier alpha value is -1.59. The molecule has 51 heavy (non-hydrogen) atoms. The zero-order valence-corrected chi connectivity index (χ0v) is 34.7. The molecule has 0 amide bonds. The van der Waals surface area contributed by atoms with Crippen LogP contribution in [0.25, 0.3) is 0 Å². The van der Waals surface area contributed by atoms with Crippen molar-refractivity contribution in [2.75, 3.05) is 13.2 Å². The molecule has 0 saturated carbocycles. The summed E-state index contributed by atoms with van der Waals surface area (Å²) < 4.78 is 16.7. The summed E-state index contributed by atoms with van der Waals surface area (Å²) in [5.74, 6) is 0.703. The van der Waals surface area contributed by atoms with Crippen LogP contribution >= 0.6 is 0 Å². The van der Waals surface area contributed by atoms with Crippen molar-refractivity contribution in [2.24, 2.45) is 11.8 Å². The van der Waals surface area contributed by atoms with Gasteiger partial charge in [0.15, 0.2) is 6.10 Å². The fourth-order valence-corrected chi connectivity index (χ4v) is 6.58. The third-order valence-electron chi connectivity index (χ3n) is 9.97. The van der Waals surface area contributed by atoms with E-state index in [2.05, 4.69) is 34.6 Å². The van der Waals surface area contributed by atoms with Gasteiger partial charge in [-0.05, 0) is 31.1 Å². The average Bonchev–Trinajstić information content (AvgIpc) is 3.09. The SMILES string of the molecule is CCCCCCCCCCCCCCC(=O)OC[C@H](COC(=O)CCCCCCCCCCCC(C)C)OC(=O)CCCCCCCCC(C)C. The predicted octanol–water partition coefficient (Wildman–Crippen LogP) is 13.8. The normalized spacial score (nSPS) is 12.1. The van der Waals surface area contributed by atoms with Crippen molar-refractivity contribution in [2.45, 2.75) is 246 Å². The second-order valence-corrected chi connectivity index (χ2v) is 16.3. The van der Waals surface area contributed by atoms with E-state index in [1.54, 1.807) is 0 Å². The van der Waals surface area contributed by atoms with E-state index in [4.69, 9.17) is 14.2 Å². The summed E-state index contributed by atoms with van der Waals surface area (Å²) in [6.07, 6.45) is 35.3. The van der Waals surface area contributed by atoms with Crippen molar-refractivity contribution >= 4 is 17.9 Å². The lowest BCUT2D eigenvalue weighted by Crippen LogP contribution is -2.30. The number of rotatable bonds is 39. The monoisotopic (exact) mass is 723 g/mol. The molecule has 0 aromatic carbocycles. The first-order valence-corrected chi connectivity index (χ1v) is 22.2. The number of esters is 3. The lowest BCUT2D eigenvalue weighted by atomic mass is 10.0. The van der Waals surface area contributed by atoms with Crippen LogP contribution in [-0.4, -0.2) is 37.2 Å². The number of hydrogen-bond donors (Lipinski definition) is 0. The first-order valence-electron chi connectivity index (χ1n) is 22.2. The maximum absolute atomic E-state index is 12.6. The Morgan fingerprint density at radius 3 is 0.961 bits per heavy atom. The molecule has 0 spiro atoms. The standard InChI is InChI=1S/C45H86O6/c1-6-7-8-9-10-11-12-13-16-19-25-30-35-43(46)49-38-42(51-45(48)37-32-27-22-21-24-29-34-41(4)5)39-50-44(47)36-31-26-20-17-14-15-18-23-28-33-40(2)3/h40-42H,6-39H2,1-5H3/t42-/m1/s1. The van der Waals surface area contributed by atoms with Crippen LogP contribution in [0.5, 0.6) is 0 Å². The molecule has 6 heteroatoms. The highest BCUT2D eigenvalue weighted by molar-refractivity contribution is 5.71. The van der Waals surface area contributed by atoms with Gasteiger partial charge in [0.05, 0.1) is 0 Å². The first kappa shape index (κ1) is 49.4. The molecule has 0 radical (unpaired) electrons. The molecule has 1 atom stereocenters. The summed E-state index contributed by atoms with van der Waals surface area (Å²) in [5.41, 5.74) is 0. The van der Waals surface area contributed by atoms with Crippen molar-refractivity contribution in [1.82, 2.24) is 0 Å². The van der Waals surface area contributed by atoms with Crippen molar-refractivity contribution in [3.05, 3.63) is 0 Å². The van der Waals surface area contributed by atoms with E-state index in [-0.39, 0.29) is 31.1 Å². The highest BCUT2D eigenvalue weighted by atomic mass is 16.6. The molecule has 302 valence electrons. The summed E-state index contributed by atoms with van der Waals surface area (Å²) >= 11 is 0. The summed E-state index contributed by atoms with van der Waals surface area (Å²) in [5, 5.41) is 0. The van der Waals surface area contributed by atoms with E-state index in [9.17, 15) is 14.4 Å². The van der Waals surface area contributed by atoms with E-state index in [0.717, 1.165) is 69.6 Å². The van der Waals surface area contributed by atoms with Gasteiger partial charge in [-0.15, -0.1) is 0 Å². The Bertz CT molecular complexity index is 779. The molecule has 0 aromatic rings.